The summed E-state index contributed by atoms with van der Waals surface area (Å²) in [6, 6.07) is 5.26. The number of rotatable bonds is 7. The van der Waals surface area contributed by atoms with E-state index in [0.29, 0.717) is 23.5 Å². The third-order valence-electron chi connectivity index (χ3n) is 4.15. The Labute approximate surface area is 142 Å². The van der Waals surface area contributed by atoms with Crippen LogP contribution in [0.15, 0.2) is 43.0 Å². The predicted octanol–water partition coefficient (Wildman–Crippen LogP) is 3.15. The number of hydrogen-bond acceptors (Lipinski definition) is 5. The van der Waals surface area contributed by atoms with E-state index in [-0.39, 0.29) is 18.8 Å². The molecule has 1 atom stereocenters. The lowest BCUT2D eigenvalue weighted by molar-refractivity contribution is -0.147. The molecule has 0 amide bonds. The number of allylic oxidation sites excluding steroid dienone is 1. The molecule has 2 rings (SSSR count). The molecule has 0 radical (unpaired) electrons. The number of carbonyl (C=O) groups is 2. The third-order valence-corrected chi connectivity index (χ3v) is 4.15. The molecule has 5 heteroatoms. The fourth-order valence-electron chi connectivity index (χ4n) is 3.02. The number of carbonyl (C=O) groups excluding carboxylic acids is 2. The number of ether oxygens (including phenoxy) is 2. The molecule has 1 aliphatic heterocycles. The summed E-state index contributed by atoms with van der Waals surface area (Å²) < 4.78 is 10.5. The lowest BCUT2D eigenvalue weighted by Gasteiger charge is -2.35. The minimum atomic E-state index is -1.41. The average molecular weight is 329 g/mol. The van der Waals surface area contributed by atoms with Gasteiger partial charge in [-0.15, -0.1) is 6.58 Å². The van der Waals surface area contributed by atoms with Gasteiger partial charge in [0.25, 0.3) is 0 Å². The van der Waals surface area contributed by atoms with Crippen molar-refractivity contribution in [1.29, 1.82) is 0 Å². The van der Waals surface area contributed by atoms with Gasteiger partial charge in [0.2, 0.25) is 11.3 Å². The molecule has 5 nitrogen and oxygen atoms in total. The van der Waals surface area contributed by atoms with Gasteiger partial charge in [-0.2, -0.15) is 0 Å². The molecule has 0 aliphatic carbocycles. The largest absolute Gasteiger partial charge is 0.497 e. The molecule has 1 aromatic rings. The highest BCUT2D eigenvalue weighted by Gasteiger charge is 2.57. The summed E-state index contributed by atoms with van der Waals surface area (Å²) in [7, 11) is 1.54. The number of ketones is 1. The van der Waals surface area contributed by atoms with Crippen molar-refractivity contribution in [2.24, 2.45) is 0 Å². The summed E-state index contributed by atoms with van der Waals surface area (Å²) in [6.45, 7) is 7.99. The normalized spacial score (nSPS) is 19.5. The van der Waals surface area contributed by atoms with E-state index in [0.717, 1.165) is 0 Å². The number of hydrogen-bond donors (Lipinski definition) is 0. The van der Waals surface area contributed by atoms with Gasteiger partial charge in [0.15, 0.2) is 0 Å². The molecule has 0 aromatic heterocycles. The van der Waals surface area contributed by atoms with Crippen LogP contribution in [0.5, 0.6) is 5.75 Å². The zero-order valence-electron chi connectivity index (χ0n) is 14.4. The van der Waals surface area contributed by atoms with Crippen molar-refractivity contribution in [2.75, 3.05) is 25.2 Å². The second-order valence-corrected chi connectivity index (χ2v) is 5.47. The molecule has 0 bridgehead atoms. The molecular formula is C19H23NO4. The van der Waals surface area contributed by atoms with E-state index in [1.54, 1.807) is 43.2 Å². The van der Waals surface area contributed by atoms with E-state index in [1.807, 2.05) is 19.1 Å². The predicted molar refractivity (Wildman–Crippen MR) is 93.7 cm³/mol. The zero-order valence-corrected chi connectivity index (χ0v) is 14.4. The average Bonchev–Trinajstić information content (AvgIpc) is 2.82. The number of benzene rings is 1. The van der Waals surface area contributed by atoms with Crippen LogP contribution in [0.3, 0.4) is 0 Å². The van der Waals surface area contributed by atoms with Crippen molar-refractivity contribution >= 4 is 17.4 Å². The molecular weight excluding hydrogens is 306 g/mol. The molecule has 128 valence electrons. The van der Waals surface area contributed by atoms with E-state index < -0.39 is 11.5 Å². The maximum absolute atomic E-state index is 13.2. The van der Waals surface area contributed by atoms with Crippen LogP contribution >= 0.6 is 0 Å². The molecule has 0 fully saturated rings. The van der Waals surface area contributed by atoms with Crippen LogP contribution in [-0.4, -0.2) is 37.6 Å². The quantitative estimate of drug-likeness (QED) is 0.437. The summed E-state index contributed by atoms with van der Waals surface area (Å²) >= 11 is 0. The van der Waals surface area contributed by atoms with Crippen molar-refractivity contribution in [3.63, 3.8) is 0 Å². The second-order valence-electron chi connectivity index (χ2n) is 5.47. The van der Waals surface area contributed by atoms with Crippen LogP contribution in [0.4, 0.5) is 5.69 Å². The van der Waals surface area contributed by atoms with Gasteiger partial charge in [-0.05, 0) is 32.0 Å². The topological polar surface area (TPSA) is 55.8 Å². The standard InChI is InChI=1S/C19H23NO4/c1-5-8-12-20-16-10-9-14(23-4)13-15(16)17(21)19(20,11-6-2)18(22)24-7-3/h5-6,8-10,13H,2,7,11-12H2,1,3-4H3/b8-5+. The van der Waals surface area contributed by atoms with E-state index in [1.165, 1.54) is 0 Å². The molecule has 1 aromatic carbocycles. The molecule has 1 heterocycles. The van der Waals surface area contributed by atoms with Crippen molar-refractivity contribution in [3.05, 3.63) is 48.6 Å². The highest BCUT2D eigenvalue weighted by molar-refractivity contribution is 6.25. The Kier molecular flexibility index (Phi) is 5.44. The Morgan fingerprint density at radius 3 is 2.75 bits per heavy atom. The Balaban J connectivity index is 2.64. The van der Waals surface area contributed by atoms with Crippen LogP contribution in [0.25, 0.3) is 0 Å². The van der Waals surface area contributed by atoms with Crippen LogP contribution in [0, 0.1) is 0 Å². The number of anilines is 1. The van der Waals surface area contributed by atoms with Crippen LogP contribution < -0.4 is 9.64 Å². The minimum absolute atomic E-state index is 0.180. The Hall–Kier alpha value is -2.56. The number of methoxy groups -OCH3 is 1. The Morgan fingerprint density at radius 1 is 1.42 bits per heavy atom. The van der Waals surface area contributed by atoms with Gasteiger partial charge in [-0.3, -0.25) is 4.79 Å². The number of esters is 1. The van der Waals surface area contributed by atoms with Gasteiger partial charge in [0.05, 0.1) is 13.7 Å². The van der Waals surface area contributed by atoms with Gasteiger partial charge < -0.3 is 14.4 Å². The first kappa shape index (κ1) is 17.8. The smallest absolute Gasteiger partial charge is 0.340 e. The molecule has 0 saturated heterocycles. The highest BCUT2D eigenvalue weighted by atomic mass is 16.5. The highest BCUT2D eigenvalue weighted by Crippen LogP contribution is 2.43. The van der Waals surface area contributed by atoms with Crippen molar-refractivity contribution in [1.82, 2.24) is 0 Å². The van der Waals surface area contributed by atoms with Gasteiger partial charge >= 0.3 is 5.97 Å². The Morgan fingerprint density at radius 2 is 2.17 bits per heavy atom. The van der Waals surface area contributed by atoms with Crippen molar-refractivity contribution < 1.29 is 19.1 Å². The molecule has 0 N–H and O–H groups in total. The minimum Gasteiger partial charge on any atom is -0.497 e. The SMILES string of the molecule is C=CCC1(C(=O)OCC)C(=O)c2cc(OC)ccc2N1C/C=C/C. The summed E-state index contributed by atoms with van der Waals surface area (Å²) in [5.74, 6) is -0.250. The van der Waals surface area contributed by atoms with E-state index in [2.05, 4.69) is 6.58 Å². The van der Waals surface area contributed by atoms with E-state index in [9.17, 15) is 9.59 Å². The van der Waals surface area contributed by atoms with Gasteiger partial charge in [-0.1, -0.05) is 18.2 Å². The summed E-state index contributed by atoms with van der Waals surface area (Å²) in [5.41, 5.74) is -0.242. The van der Waals surface area contributed by atoms with Crippen molar-refractivity contribution in [3.8, 4) is 5.75 Å². The van der Waals surface area contributed by atoms with Crippen LogP contribution in [0.1, 0.15) is 30.6 Å². The van der Waals surface area contributed by atoms with Gasteiger partial charge in [-0.25, -0.2) is 4.79 Å². The number of Topliss-reactive ketones (excluding diaryl/α,β-unsaturated/α-hetero) is 1. The van der Waals surface area contributed by atoms with Crippen LogP contribution in [-0.2, 0) is 9.53 Å². The fourth-order valence-corrected chi connectivity index (χ4v) is 3.02. The lowest BCUT2D eigenvalue weighted by Crippen LogP contribution is -2.57. The van der Waals surface area contributed by atoms with E-state index >= 15 is 0 Å². The molecule has 1 aliphatic rings. The van der Waals surface area contributed by atoms with Crippen LogP contribution in [0.2, 0.25) is 0 Å². The third kappa shape index (κ3) is 2.70. The zero-order chi connectivity index (χ0) is 17.7. The molecule has 0 saturated carbocycles. The maximum Gasteiger partial charge on any atom is 0.340 e. The number of fused-ring (bicyclic) bond motifs is 1. The fraction of sp³-hybridized carbons (Fsp3) is 0.368. The first-order valence-electron chi connectivity index (χ1n) is 7.96. The summed E-state index contributed by atoms with van der Waals surface area (Å²) in [6.07, 6.45) is 5.55. The monoisotopic (exact) mass is 329 g/mol. The first-order valence-corrected chi connectivity index (χ1v) is 7.96. The summed E-state index contributed by atoms with van der Waals surface area (Å²) in [4.78, 5) is 27.8. The summed E-state index contributed by atoms with van der Waals surface area (Å²) in [5, 5.41) is 0. The number of nitrogens with zero attached hydrogens (tertiary/aromatic N) is 1. The second kappa shape index (κ2) is 7.34. The first-order chi connectivity index (χ1) is 11.6. The molecule has 0 spiro atoms. The van der Waals surface area contributed by atoms with Gasteiger partial charge in [0, 0.05) is 24.2 Å². The Bertz CT molecular complexity index is 680. The lowest BCUT2D eigenvalue weighted by atomic mass is 9.88. The molecule has 1 unspecified atom stereocenters. The van der Waals surface area contributed by atoms with Crippen molar-refractivity contribution in [2.45, 2.75) is 25.8 Å². The van der Waals surface area contributed by atoms with Gasteiger partial charge in [0.1, 0.15) is 5.75 Å². The maximum atomic E-state index is 13.2. The molecule has 24 heavy (non-hydrogen) atoms. The van der Waals surface area contributed by atoms with E-state index in [4.69, 9.17) is 9.47 Å².